The van der Waals surface area contributed by atoms with Crippen LogP contribution in [0.4, 0.5) is 11.4 Å². The number of anilines is 2. The van der Waals surface area contributed by atoms with Gasteiger partial charge < -0.3 is 10.2 Å². The van der Waals surface area contributed by atoms with Crippen molar-refractivity contribution in [2.24, 2.45) is 4.99 Å². The van der Waals surface area contributed by atoms with Crippen molar-refractivity contribution in [3.8, 4) is 0 Å². The Bertz CT molecular complexity index is 1120. The summed E-state index contributed by atoms with van der Waals surface area (Å²) in [6.07, 6.45) is 0. The molecule has 1 amide bonds. The fourth-order valence-electron chi connectivity index (χ4n) is 3.67. The highest BCUT2D eigenvalue weighted by Gasteiger charge is 2.47. The number of sulfone groups is 1. The quantitative estimate of drug-likeness (QED) is 0.680. The third-order valence-corrected chi connectivity index (χ3v) is 8.53. The zero-order valence-electron chi connectivity index (χ0n) is 16.6. The van der Waals surface area contributed by atoms with E-state index in [1.54, 1.807) is 0 Å². The van der Waals surface area contributed by atoms with Gasteiger partial charge in [0.2, 0.25) is 5.91 Å². The van der Waals surface area contributed by atoms with Crippen molar-refractivity contribution in [3.63, 3.8) is 0 Å². The van der Waals surface area contributed by atoms with Gasteiger partial charge in [-0.25, -0.2) is 8.42 Å². The molecule has 0 aliphatic carbocycles. The molecule has 1 fully saturated rings. The van der Waals surface area contributed by atoms with E-state index in [0.29, 0.717) is 5.17 Å². The van der Waals surface area contributed by atoms with Crippen molar-refractivity contribution in [2.45, 2.75) is 25.9 Å². The predicted molar refractivity (Wildman–Crippen MR) is 127 cm³/mol. The molecule has 2 unspecified atom stereocenters. The minimum atomic E-state index is -3.10. The lowest BCUT2D eigenvalue weighted by Crippen LogP contribution is -2.39. The number of amides is 1. The minimum Gasteiger partial charge on any atom is -0.325 e. The van der Waals surface area contributed by atoms with Crippen LogP contribution in [0.2, 0.25) is 0 Å². The van der Waals surface area contributed by atoms with Gasteiger partial charge in [0.15, 0.2) is 15.0 Å². The first-order valence-electron chi connectivity index (χ1n) is 9.55. The van der Waals surface area contributed by atoms with Gasteiger partial charge >= 0.3 is 0 Å². The van der Waals surface area contributed by atoms with E-state index in [-0.39, 0.29) is 35.2 Å². The van der Waals surface area contributed by atoms with Gasteiger partial charge in [-0.1, -0.05) is 33.8 Å². The fraction of sp³-hybridized carbons (Fsp3) is 0.333. The molecule has 158 valence electrons. The number of fused-ring (bicyclic) bond motifs is 1. The molecule has 1 N–H and O–H groups in total. The first-order valence-corrected chi connectivity index (χ1v) is 13.1. The SMILES string of the molecule is Cc1ccc(N2C(SCC(=O)Nc3ccc(Br)cc3)=NC3CS(=O)(=O)CC32)cc1C. The van der Waals surface area contributed by atoms with Crippen LogP contribution in [0.1, 0.15) is 11.1 Å². The van der Waals surface area contributed by atoms with Crippen LogP contribution in [0.3, 0.4) is 0 Å². The van der Waals surface area contributed by atoms with Crippen molar-refractivity contribution in [1.29, 1.82) is 0 Å². The Morgan fingerprint density at radius 1 is 1.17 bits per heavy atom. The topological polar surface area (TPSA) is 78.8 Å². The largest absolute Gasteiger partial charge is 0.325 e. The highest BCUT2D eigenvalue weighted by molar-refractivity contribution is 9.10. The average molecular weight is 508 g/mol. The van der Waals surface area contributed by atoms with E-state index in [4.69, 9.17) is 0 Å². The maximum Gasteiger partial charge on any atom is 0.234 e. The fourth-order valence-corrected chi connectivity index (χ4v) is 6.70. The van der Waals surface area contributed by atoms with Gasteiger partial charge in [-0.15, -0.1) is 0 Å². The van der Waals surface area contributed by atoms with Crippen molar-refractivity contribution < 1.29 is 13.2 Å². The minimum absolute atomic E-state index is 0.0637. The van der Waals surface area contributed by atoms with Crippen LogP contribution in [0.25, 0.3) is 0 Å². The Hall–Kier alpha value is -1.84. The molecule has 4 rings (SSSR count). The molecule has 2 atom stereocenters. The summed E-state index contributed by atoms with van der Waals surface area (Å²) in [5, 5.41) is 3.58. The summed E-state index contributed by atoms with van der Waals surface area (Å²) in [6, 6.07) is 13.0. The highest BCUT2D eigenvalue weighted by Crippen LogP contribution is 2.35. The number of aryl methyl sites for hydroxylation is 2. The van der Waals surface area contributed by atoms with Gasteiger partial charge in [-0.3, -0.25) is 9.79 Å². The molecule has 0 aromatic heterocycles. The maximum absolute atomic E-state index is 12.4. The van der Waals surface area contributed by atoms with Crippen LogP contribution < -0.4 is 10.2 Å². The molecule has 1 saturated heterocycles. The second-order valence-corrected chi connectivity index (χ2v) is 11.6. The van der Waals surface area contributed by atoms with Crippen molar-refractivity contribution in [3.05, 3.63) is 58.1 Å². The van der Waals surface area contributed by atoms with E-state index < -0.39 is 9.84 Å². The number of thioether (sulfide) groups is 1. The number of halogens is 1. The zero-order valence-corrected chi connectivity index (χ0v) is 19.9. The van der Waals surface area contributed by atoms with Crippen LogP contribution in [0.5, 0.6) is 0 Å². The Morgan fingerprint density at radius 2 is 1.90 bits per heavy atom. The third kappa shape index (κ3) is 4.58. The van der Waals surface area contributed by atoms with Gasteiger partial charge in [0.25, 0.3) is 0 Å². The van der Waals surface area contributed by atoms with Gasteiger partial charge in [0.05, 0.1) is 29.3 Å². The van der Waals surface area contributed by atoms with Crippen LogP contribution in [0, 0.1) is 13.8 Å². The molecule has 2 aromatic rings. The first-order chi connectivity index (χ1) is 14.2. The number of carbonyl (C=O) groups is 1. The molecule has 2 aliphatic rings. The molecule has 2 aliphatic heterocycles. The number of amidine groups is 1. The van der Waals surface area contributed by atoms with Gasteiger partial charge in [0.1, 0.15) is 0 Å². The second-order valence-electron chi connectivity index (χ2n) is 7.61. The van der Waals surface area contributed by atoms with E-state index in [1.165, 1.54) is 17.3 Å². The molecule has 0 spiro atoms. The van der Waals surface area contributed by atoms with E-state index in [2.05, 4.69) is 32.3 Å². The smallest absolute Gasteiger partial charge is 0.234 e. The monoisotopic (exact) mass is 507 g/mol. The number of hydrogen-bond acceptors (Lipinski definition) is 6. The summed E-state index contributed by atoms with van der Waals surface area (Å²) in [5.41, 5.74) is 3.95. The average Bonchev–Trinajstić information content (AvgIpc) is 3.15. The molecule has 9 heteroatoms. The lowest BCUT2D eigenvalue weighted by atomic mass is 10.1. The molecular weight excluding hydrogens is 486 g/mol. The third-order valence-electron chi connectivity index (χ3n) is 5.34. The van der Waals surface area contributed by atoms with Crippen molar-refractivity contribution in [2.75, 3.05) is 27.5 Å². The standard InChI is InChI=1S/C21H22BrN3O3S2/c1-13-3-8-17(9-14(13)2)25-19-12-30(27,28)11-18(19)24-21(25)29-10-20(26)23-16-6-4-15(22)5-7-16/h3-9,18-19H,10-12H2,1-2H3,(H,23,26). The Kier molecular flexibility index (Phi) is 5.96. The Balaban J connectivity index is 1.52. The number of rotatable bonds is 4. The summed E-state index contributed by atoms with van der Waals surface area (Å²) in [7, 11) is -3.10. The first kappa shape index (κ1) is 21.4. The van der Waals surface area contributed by atoms with E-state index in [9.17, 15) is 13.2 Å². The summed E-state index contributed by atoms with van der Waals surface area (Å²) in [4.78, 5) is 19.1. The van der Waals surface area contributed by atoms with Crippen LogP contribution in [0.15, 0.2) is 51.9 Å². The normalized spacial score (nSPS) is 22.0. The molecule has 2 aromatic carbocycles. The Labute approximate surface area is 189 Å². The number of aliphatic imine (C=N–C) groups is 1. The van der Waals surface area contributed by atoms with Crippen LogP contribution in [-0.2, 0) is 14.6 Å². The number of hydrogen-bond donors (Lipinski definition) is 1. The predicted octanol–water partition coefficient (Wildman–Crippen LogP) is 3.78. The number of nitrogens with one attached hydrogen (secondary N) is 1. The number of carbonyl (C=O) groups excluding carboxylic acids is 1. The van der Waals surface area contributed by atoms with Crippen LogP contribution >= 0.6 is 27.7 Å². The lowest BCUT2D eigenvalue weighted by molar-refractivity contribution is -0.113. The molecule has 30 heavy (non-hydrogen) atoms. The molecule has 2 heterocycles. The van der Waals surface area contributed by atoms with Gasteiger partial charge in [-0.05, 0) is 61.4 Å². The van der Waals surface area contributed by atoms with E-state index in [0.717, 1.165) is 21.4 Å². The van der Waals surface area contributed by atoms with Crippen molar-refractivity contribution in [1.82, 2.24) is 0 Å². The summed E-state index contributed by atoms with van der Waals surface area (Å²) in [6.45, 7) is 4.08. The summed E-state index contributed by atoms with van der Waals surface area (Å²) in [5.74, 6) is 0.217. The highest BCUT2D eigenvalue weighted by atomic mass is 79.9. The molecule has 0 radical (unpaired) electrons. The molecule has 0 saturated carbocycles. The van der Waals surface area contributed by atoms with Crippen molar-refractivity contribution >= 4 is 60.0 Å². The molecular formula is C21H22BrN3O3S2. The number of benzene rings is 2. The van der Waals surface area contributed by atoms with Gasteiger partial charge in [0, 0.05) is 15.8 Å². The summed E-state index contributed by atoms with van der Waals surface area (Å²) < 4.78 is 25.3. The Morgan fingerprint density at radius 3 is 2.60 bits per heavy atom. The molecule has 0 bridgehead atoms. The molecule has 6 nitrogen and oxygen atoms in total. The summed E-state index contributed by atoms with van der Waals surface area (Å²) >= 11 is 4.72. The second kappa shape index (κ2) is 8.36. The van der Waals surface area contributed by atoms with E-state index >= 15 is 0 Å². The lowest BCUT2D eigenvalue weighted by Gasteiger charge is -2.27. The van der Waals surface area contributed by atoms with Crippen LogP contribution in [-0.4, -0.2) is 48.8 Å². The number of nitrogens with zero attached hydrogens (tertiary/aromatic N) is 2. The zero-order chi connectivity index (χ0) is 21.5. The van der Waals surface area contributed by atoms with E-state index in [1.807, 2.05) is 55.1 Å². The maximum atomic E-state index is 12.4. The van der Waals surface area contributed by atoms with Gasteiger partial charge in [-0.2, -0.15) is 0 Å².